The van der Waals surface area contributed by atoms with Gasteiger partial charge in [0.15, 0.2) is 0 Å². The minimum atomic E-state index is -4.38. The lowest BCUT2D eigenvalue weighted by Gasteiger charge is -2.15. The molecule has 9 heteroatoms. The maximum Gasteiger partial charge on any atom is 0.389 e. The number of rotatable bonds is 8. The second-order valence-corrected chi connectivity index (χ2v) is 4.15. The summed E-state index contributed by atoms with van der Waals surface area (Å²) in [5.41, 5.74) is 0. The van der Waals surface area contributed by atoms with Crippen molar-refractivity contribution in [2.45, 2.75) is 50.2 Å². The third-order valence-corrected chi connectivity index (χ3v) is 2.14. The van der Waals surface area contributed by atoms with Crippen LogP contribution >= 0.6 is 0 Å². The molecule has 116 valence electrons. The Hall–Kier alpha value is -0.540. The van der Waals surface area contributed by atoms with E-state index in [1.165, 1.54) is 0 Å². The van der Waals surface area contributed by atoms with Crippen molar-refractivity contribution in [1.29, 1.82) is 0 Å². The number of ether oxygens (including phenoxy) is 1. The average Bonchev–Trinajstić information content (AvgIpc) is 2.22. The number of alkyl halides is 6. The summed E-state index contributed by atoms with van der Waals surface area (Å²) in [5, 5.41) is 18.2. The van der Waals surface area contributed by atoms with E-state index in [0.717, 1.165) is 0 Å². The van der Waals surface area contributed by atoms with E-state index in [0.29, 0.717) is 0 Å². The minimum Gasteiger partial charge on any atom is -0.391 e. The quantitative estimate of drug-likeness (QED) is 0.677. The SMILES string of the molecule is OC(CCC(F)(F)F)COCC(O)CCC(F)(F)F. The Balaban J connectivity index is 3.61. The summed E-state index contributed by atoms with van der Waals surface area (Å²) in [5.74, 6) is 0. The van der Waals surface area contributed by atoms with Gasteiger partial charge in [-0.05, 0) is 12.8 Å². The number of aliphatic hydroxyl groups excluding tert-OH is 2. The topological polar surface area (TPSA) is 49.7 Å². The first kappa shape index (κ1) is 18.5. The predicted octanol–water partition coefficient (Wildman–Crippen LogP) is 2.41. The molecule has 3 nitrogen and oxygen atoms in total. The molecule has 2 N–H and O–H groups in total. The summed E-state index contributed by atoms with van der Waals surface area (Å²) < 4.78 is 75.3. The van der Waals surface area contributed by atoms with Crippen LogP contribution in [0, 0.1) is 0 Å². The van der Waals surface area contributed by atoms with Crippen LogP contribution in [0.2, 0.25) is 0 Å². The standard InChI is InChI=1S/C10H16F6O3/c11-9(12,13)3-1-7(17)5-19-6-8(18)2-4-10(14,15)16/h7-8,17-18H,1-6H2. The van der Waals surface area contributed by atoms with E-state index >= 15 is 0 Å². The summed E-state index contributed by atoms with van der Waals surface area (Å²) in [6.45, 7) is -0.918. The lowest BCUT2D eigenvalue weighted by molar-refractivity contribution is -0.144. The van der Waals surface area contributed by atoms with Gasteiger partial charge >= 0.3 is 12.4 Å². The van der Waals surface area contributed by atoms with Crippen LogP contribution < -0.4 is 0 Å². The summed E-state index contributed by atoms with van der Waals surface area (Å²) in [6, 6.07) is 0. The first-order valence-electron chi connectivity index (χ1n) is 5.57. The molecule has 0 fully saturated rings. The molecule has 19 heavy (non-hydrogen) atoms. The highest BCUT2D eigenvalue weighted by Gasteiger charge is 2.29. The molecule has 0 saturated carbocycles. The third kappa shape index (κ3) is 13.7. The lowest BCUT2D eigenvalue weighted by atomic mass is 10.2. The van der Waals surface area contributed by atoms with Crippen molar-refractivity contribution in [2.24, 2.45) is 0 Å². The molecule has 0 aliphatic rings. The van der Waals surface area contributed by atoms with Gasteiger partial charge in [-0.2, -0.15) is 26.3 Å². The average molecular weight is 298 g/mol. The highest BCUT2D eigenvalue weighted by molar-refractivity contribution is 4.62. The molecule has 0 bridgehead atoms. The van der Waals surface area contributed by atoms with E-state index in [1.807, 2.05) is 0 Å². The van der Waals surface area contributed by atoms with Crippen LogP contribution in [-0.4, -0.2) is 48.0 Å². The van der Waals surface area contributed by atoms with Crippen molar-refractivity contribution in [2.75, 3.05) is 13.2 Å². The van der Waals surface area contributed by atoms with Crippen LogP contribution in [0.5, 0.6) is 0 Å². The van der Waals surface area contributed by atoms with Crippen LogP contribution in [0.1, 0.15) is 25.7 Å². The number of halogens is 6. The van der Waals surface area contributed by atoms with Gasteiger partial charge < -0.3 is 14.9 Å². The summed E-state index contributed by atoms with van der Waals surface area (Å²) in [7, 11) is 0. The van der Waals surface area contributed by atoms with Crippen molar-refractivity contribution < 1.29 is 41.3 Å². The number of aliphatic hydroxyl groups is 2. The van der Waals surface area contributed by atoms with Gasteiger partial charge in [-0.25, -0.2) is 0 Å². The molecule has 2 unspecified atom stereocenters. The molecule has 0 radical (unpaired) electrons. The maximum atomic E-state index is 11.8. The normalized spacial score (nSPS) is 16.4. The maximum absolute atomic E-state index is 11.8. The number of hydrogen-bond donors (Lipinski definition) is 2. The van der Waals surface area contributed by atoms with Crippen molar-refractivity contribution in [3.8, 4) is 0 Å². The van der Waals surface area contributed by atoms with Crippen molar-refractivity contribution >= 4 is 0 Å². The Morgan fingerprint density at radius 2 is 1.05 bits per heavy atom. The lowest BCUT2D eigenvalue weighted by Crippen LogP contribution is -2.24. The van der Waals surface area contributed by atoms with Gasteiger partial charge in [-0.15, -0.1) is 0 Å². The van der Waals surface area contributed by atoms with Crippen molar-refractivity contribution in [3.05, 3.63) is 0 Å². The van der Waals surface area contributed by atoms with Gasteiger partial charge in [-0.3, -0.25) is 0 Å². The Morgan fingerprint density at radius 1 is 0.737 bits per heavy atom. The van der Waals surface area contributed by atoms with Crippen molar-refractivity contribution in [3.63, 3.8) is 0 Å². The van der Waals surface area contributed by atoms with Gasteiger partial charge in [-0.1, -0.05) is 0 Å². The van der Waals surface area contributed by atoms with Gasteiger partial charge in [0.05, 0.1) is 25.4 Å². The predicted molar refractivity (Wildman–Crippen MR) is 53.4 cm³/mol. The minimum absolute atomic E-state index is 0.459. The van der Waals surface area contributed by atoms with Crippen LogP contribution in [0.25, 0.3) is 0 Å². The Labute approximate surface area is 106 Å². The molecule has 0 aliphatic carbocycles. The summed E-state index contributed by atoms with van der Waals surface area (Å²) in [6.07, 6.45) is -14.9. The third-order valence-electron chi connectivity index (χ3n) is 2.14. The van der Waals surface area contributed by atoms with E-state index in [2.05, 4.69) is 4.74 Å². The molecule has 0 aromatic heterocycles. The fourth-order valence-corrected chi connectivity index (χ4v) is 1.17. The molecule has 0 heterocycles. The van der Waals surface area contributed by atoms with E-state index in [1.54, 1.807) is 0 Å². The molecular weight excluding hydrogens is 282 g/mol. The van der Waals surface area contributed by atoms with Gasteiger partial charge in [0, 0.05) is 12.8 Å². The van der Waals surface area contributed by atoms with Crippen LogP contribution in [-0.2, 0) is 4.74 Å². The fraction of sp³-hybridized carbons (Fsp3) is 1.00. The monoisotopic (exact) mass is 298 g/mol. The highest BCUT2D eigenvalue weighted by atomic mass is 19.4. The number of hydrogen-bond acceptors (Lipinski definition) is 3. The molecule has 0 aromatic rings. The highest BCUT2D eigenvalue weighted by Crippen LogP contribution is 2.23. The van der Waals surface area contributed by atoms with Gasteiger partial charge in [0.25, 0.3) is 0 Å². The zero-order chi connectivity index (χ0) is 15.1. The Kier molecular flexibility index (Phi) is 7.68. The second kappa shape index (κ2) is 7.91. The van der Waals surface area contributed by atoms with Crippen LogP contribution in [0.15, 0.2) is 0 Å². The zero-order valence-electron chi connectivity index (χ0n) is 9.97. The van der Waals surface area contributed by atoms with Crippen molar-refractivity contribution in [1.82, 2.24) is 0 Å². The van der Waals surface area contributed by atoms with E-state index in [-0.39, 0.29) is 0 Å². The molecule has 0 saturated heterocycles. The molecule has 0 aromatic carbocycles. The van der Waals surface area contributed by atoms with Crippen LogP contribution in [0.3, 0.4) is 0 Å². The Morgan fingerprint density at radius 3 is 1.32 bits per heavy atom. The molecule has 0 aliphatic heterocycles. The first-order valence-corrected chi connectivity index (χ1v) is 5.57. The molecule has 0 spiro atoms. The smallest absolute Gasteiger partial charge is 0.389 e. The van der Waals surface area contributed by atoms with E-state index < -0.39 is 63.5 Å². The molecule has 0 rings (SSSR count). The summed E-state index contributed by atoms with van der Waals surface area (Å²) >= 11 is 0. The van der Waals surface area contributed by atoms with E-state index in [9.17, 15) is 26.3 Å². The Bertz CT molecular complexity index is 216. The van der Waals surface area contributed by atoms with E-state index in [4.69, 9.17) is 10.2 Å². The second-order valence-electron chi connectivity index (χ2n) is 4.15. The van der Waals surface area contributed by atoms with Gasteiger partial charge in [0.1, 0.15) is 0 Å². The summed E-state index contributed by atoms with van der Waals surface area (Å²) in [4.78, 5) is 0. The molecular formula is C10H16F6O3. The van der Waals surface area contributed by atoms with Crippen LogP contribution in [0.4, 0.5) is 26.3 Å². The first-order chi connectivity index (χ1) is 8.49. The zero-order valence-corrected chi connectivity index (χ0v) is 9.97. The molecule has 0 amide bonds. The fourth-order valence-electron chi connectivity index (χ4n) is 1.17. The molecule has 2 atom stereocenters. The van der Waals surface area contributed by atoms with Gasteiger partial charge in [0.2, 0.25) is 0 Å². The largest absolute Gasteiger partial charge is 0.391 e.